The summed E-state index contributed by atoms with van der Waals surface area (Å²) in [4.78, 5) is 27.9. The fourth-order valence-corrected chi connectivity index (χ4v) is 4.51. The molecule has 0 aliphatic carbocycles. The lowest BCUT2D eigenvalue weighted by molar-refractivity contribution is -0.135. The van der Waals surface area contributed by atoms with Gasteiger partial charge in [-0.05, 0) is 24.5 Å². The molecule has 1 aromatic heterocycles. The Labute approximate surface area is 226 Å². The van der Waals surface area contributed by atoms with Crippen molar-refractivity contribution < 1.29 is 9.59 Å². The lowest BCUT2D eigenvalue weighted by Crippen LogP contribution is -2.40. The van der Waals surface area contributed by atoms with Crippen molar-refractivity contribution in [3.05, 3.63) is 65.7 Å². The van der Waals surface area contributed by atoms with Crippen LogP contribution in [0.3, 0.4) is 0 Å². The molecule has 0 saturated heterocycles. The van der Waals surface area contributed by atoms with Gasteiger partial charge in [-0.3, -0.25) is 9.59 Å². The van der Waals surface area contributed by atoms with Crippen LogP contribution in [-0.2, 0) is 9.59 Å². The molecule has 0 fully saturated rings. The molecular weight excluding hydrogens is 484 g/mol. The highest BCUT2D eigenvalue weighted by atomic mass is 35.5. The monoisotopic (exact) mass is 522 g/mol. The minimum Gasteiger partial charge on any atom is -0.333 e. The highest BCUT2D eigenvalue weighted by Gasteiger charge is 2.20. The Morgan fingerprint density at radius 3 is 2.35 bits per heavy atom. The standard InChI is InChI=1S/C30H39ClN4O2/c1-4-5-6-7-8-12-19-30(37)34(21-23(2)3)22-29(36)32-28-20-26(24-15-10-9-11-16-24)33-35(28)27-18-14-13-17-25(27)31/h9-11,13-18,20,23H,4-8,12,19,21-22H2,1-3H3,(H,32,36). The van der Waals surface area contributed by atoms with E-state index in [0.29, 0.717) is 35.2 Å². The zero-order valence-electron chi connectivity index (χ0n) is 22.3. The van der Waals surface area contributed by atoms with E-state index < -0.39 is 0 Å². The zero-order chi connectivity index (χ0) is 26.6. The number of anilines is 1. The number of benzene rings is 2. The molecule has 0 unspecified atom stereocenters. The van der Waals surface area contributed by atoms with Gasteiger partial charge in [-0.2, -0.15) is 5.10 Å². The molecule has 0 atom stereocenters. The van der Waals surface area contributed by atoms with E-state index in [9.17, 15) is 9.59 Å². The molecule has 3 rings (SSSR count). The van der Waals surface area contributed by atoms with E-state index in [1.807, 2.05) is 54.6 Å². The van der Waals surface area contributed by atoms with Crippen molar-refractivity contribution in [3.63, 3.8) is 0 Å². The number of halogens is 1. The Hall–Kier alpha value is -3.12. The van der Waals surface area contributed by atoms with E-state index in [-0.39, 0.29) is 24.3 Å². The third-order valence-corrected chi connectivity index (χ3v) is 6.46. The minimum atomic E-state index is -0.259. The maximum absolute atomic E-state index is 13.2. The summed E-state index contributed by atoms with van der Waals surface area (Å²) in [5.74, 6) is 0.540. The number of carbonyl (C=O) groups is 2. The molecule has 0 saturated carbocycles. The van der Waals surface area contributed by atoms with Gasteiger partial charge in [-0.25, -0.2) is 4.68 Å². The second-order valence-electron chi connectivity index (χ2n) is 9.88. The molecule has 0 aliphatic heterocycles. The molecule has 2 amide bonds. The molecule has 2 aromatic carbocycles. The summed E-state index contributed by atoms with van der Waals surface area (Å²) in [6.45, 7) is 6.85. The molecule has 0 aliphatic rings. The largest absolute Gasteiger partial charge is 0.333 e. The van der Waals surface area contributed by atoms with Gasteiger partial charge < -0.3 is 10.2 Å². The van der Waals surface area contributed by atoms with Gasteiger partial charge in [0.05, 0.1) is 22.9 Å². The van der Waals surface area contributed by atoms with Gasteiger partial charge in [0.15, 0.2) is 0 Å². The number of rotatable bonds is 14. The van der Waals surface area contributed by atoms with Crippen LogP contribution in [0.5, 0.6) is 0 Å². The fraction of sp³-hybridized carbons (Fsp3) is 0.433. The predicted octanol–water partition coefficient (Wildman–Crippen LogP) is 7.37. The van der Waals surface area contributed by atoms with E-state index in [2.05, 4.69) is 26.1 Å². The number of aromatic nitrogens is 2. The maximum atomic E-state index is 13.2. The van der Waals surface area contributed by atoms with Gasteiger partial charge >= 0.3 is 0 Å². The lowest BCUT2D eigenvalue weighted by atomic mass is 10.1. The quantitative estimate of drug-likeness (QED) is 0.225. The number of amides is 2. The van der Waals surface area contributed by atoms with Crippen molar-refractivity contribution in [1.29, 1.82) is 0 Å². The Balaban J connectivity index is 1.74. The van der Waals surface area contributed by atoms with Gasteiger partial charge in [-0.15, -0.1) is 0 Å². The van der Waals surface area contributed by atoms with Crippen LogP contribution in [0.2, 0.25) is 5.02 Å². The first-order valence-corrected chi connectivity index (χ1v) is 13.7. The Morgan fingerprint density at radius 1 is 0.973 bits per heavy atom. The zero-order valence-corrected chi connectivity index (χ0v) is 23.0. The van der Waals surface area contributed by atoms with Crippen LogP contribution in [-0.4, -0.2) is 39.6 Å². The van der Waals surface area contributed by atoms with Crippen molar-refractivity contribution in [3.8, 4) is 16.9 Å². The van der Waals surface area contributed by atoms with Gasteiger partial charge in [0.2, 0.25) is 11.8 Å². The van der Waals surface area contributed by atoms with Crippen LogP contribution in [0.4, 0.5) is 5.82 Å². The summed E-state index contributed by atoms with van der Waals surface area (Å²) in [6, 6.07) is 19.0. The summed E-state index contributed by atoms with van der Waals surface area (Å²) < 4.78 is 1.65. The van der Waals surface area contributed by atoms with Crippen molar-refractivity contribution in [1.82, 2.24) is 14.7 Å². The van der Waals surface area contributed by atoms with E-state index in [0.717, 1.165) is 24.8 Å². The summed E-state index contributed by atoms with van der Waals surface area (Å²) in [6.07, 6.45) is 7.20. The third-order valence-electron chi connectivity index (χ3n) is 6.14. The van der Waals surface area contributed by atoms with Gasteiger partial charge in [0.25, 0.3) is 0 Å². The molecular formula is C30H39ClN4O2. The molecule has 1 N–H and O–H groups in total. The SMILES string of the molecule is CCCCCCCCC(=O)N(CC(=O)Nc1cc(-c2ccccc2)nn1-c1ccccc1Cl)CC(C)C. The van der Waals surface area contributed by atoms with Crippen LogP contribution in [0.1, 0.15) is 65.7 Å². The number of hydrogen-bond donors (Lipinski definition) is 1. The molecule has 1 heterocycles. The number of unbranched alkanes of at least 4 members (excludes halogenated alkanes) is 5. The molecule has 0 bridgehead atoms. The fourth-order valence-electron chi connectivity index (χ4n) is 4.29. The van der Waals surface area contributed by atoms with Crippen molar-refractivity contribution in [2.24, 2.45) is 5.92 Å². The van der Waals surface area contributed by atoms with E-state index in [4.69, 9.17) is 16.7 Å². The first-order chi connectivity index (χ1) is 17.9. The number of carbonyl (C=O) groups excluding carboxylic acids is 2. The number of nitrogens with one attached hydrogen (secondary N) is 1. The van der Waals surface area contributed by atoms with Crippen LogP contribution in [0.15, 0.2) is 60.7 Å². The van der Waals surface area contributed by atoms with Crippen LogP contribution >= 0.6 is 11.6 Å². The number of hydrogen-bond acceptors (Lipinski definition) is 3. The highest BCUT2D eigenvalue weighted by molar-refractivity contribution is 6.32. The molecule has 198 valence electrons. The van der Waals surface area contributed by atoms with Gasteiger partial charge in [0.1, 0.15) is 5.82 Å². The van der Waals surface area contributed by atoms with E-state index in [1.54, 1.807) is 15.6 Å². The van der Waals surface area contributed by atoms with Crippen molar-refractivity contribution >= 4 is 29.2 Å². The smallest absolute Gasteiger partial charge is 0.245 e. The molecule has 0 radical (unpaired) electrons. The van der Waals surface area contributed by atoms with Crippen LogP contribution in [0.25, 0.3) is 16.9 Å². The normalized spacial score (nSPS) is 11.1. The minimum absolute atomic E-state index is 0.00121. The average Bonchev–Trinajstić information content (AvgIpc) is 3.29. The molecule has 0 spiro atoms. The third kappa shape index (κ3) is 8.74. The van der Waals surface area contributed by atoms with Crippen LogP contribution in [0, 0.1) is 5.92 Å². The maximum Gasteiger partial charge on any atom is 0.245 e. The number of para-hydroxylation sites is 1. The molecule has 6 nitrogen and oxygen atoms in total. The second-order valence-corrected chi connectivity index (χ2v) is 10.3. The summed E-state index contributed by atoms with van der Waals surface area (Å²) in [5.41, 5.74) is 2.31. The predicted molar refractivity (Wildman–Crippen MR) is 152 cm³/mol. The first kappa shape index (κ1) is 28.5. The van der Waals surface area contributed by atoms with Crippen molar-refractivity contribution in [2.45, 2.75) is 65.7 Å². The second kappa shape index (κ2) is 14.6. The number of nitrogens with zero attached hydrogens (tertiary/aromatic N) is 3. The Bertz CT molecular complexity index is 1140. The summed E-state index contributed by atoms with van der Waals surface area (Å²) in [7, 11) is 0. The summed E-state index contributed by atoms with van der Waals surface area (Å²) in [5, 5.41) is 8.24. The van der Waals surface area contributed by atoms with E-state index >= 15 is 0 Å². The summed E-state index contributed by atoms with van der Waals surface area (Å²) >= 11 is 6.47. The first-order valence-electron chi connectivity index (χ1n) is 13.4. The van der Waals surface area contributed by atoms with Crippen molar-refractivity contribution in [2.75, 3.05) is 18.4 Å². The molecule has 7 heteroatoms. The average molecular weight is 523 g/mol. The highest BCUT2D eigenvalue weighted by Crippen LogP contribution is 2.28. The van der Waals surface area contributed by atoms with Gasteiger partial charge in [0, 0.05) is 24.6 Å². The Morgan fingerprint density at radius 2 is 1.65 bits per heavy atom. The van der Waals surface area contributed by atoms with Gasteiger partial charge in [-0.1, -0.05) is 107 Å². The van der Waals surface area contributed by atoms with Crippen LogP contribution < -0.4 is 5.32 Å². The van der Waals surface area contributed by atoms with E-state index in [1.165, 1.54) is 19.3 Å². The lowest BCUT2D eigenvalue weighted by Gasteiger charge is -2.24. The topological polar surface area (TPSA) is 67.2 Å². The molecule has 3 aromatic rings. The Kier molecular flexibility index (Phi) is 11.2. The molecule has 37 heavy (non-hydrogen) atoms.